The van der Waals surface area contributed by atoms with Crippen molar-refractivity contribution in [3.8, 4) is 0 Å². The second-order valence-electron chi connectivity index (χ2n) is 5.54. The Morgan fingerprint density at radius 3 is 2.39 bits per heavy atom. The quantitative estimate of drug-likeness (QED) is 0.813. The van der Waals surface area contributed by atoms with Gasteiger partial charge in [-0.05, 0) is 37.6 Å². The van der Waals surface area contributed by atoms with E-state index in [0.717, 1.165) is 19.3 Å². The fourth-order valence-corrected chi connectivity index (χ4v) is 2.53. The molecule has 1 aliphatic heterocycles. The van der Waals surface area contributed by atoms with Crippen molar-refractivity contribution in [1.29, 1.82) is 0 Å². The Morgan fingerprint density at radius 1 is 1.33 bits per heavy atom. The highest BCUT2D eigenvalue weighted by atomic mass is 19.4. The predicted octanol–water partition coefficient (Wildman–Crippen LogP) is 1.83. The van der Waals surface area contributed by atoms with E-state index in [9.17, 15) is 18.0 Å². The molecule has 6 heteroatoms. The van der Waals surface area contributed by atoms with E-state index in [1.165, 1.54) is 0 Å². The molecule has 0 aromatic rings. The highest BCUT2D eigenvalue weighted by Crippen LogP contribution is 2.48. The minimum absolute atomic E-state index is 0.0640. The topological polar surface area (TPSA) is 41.1 Å². The highest BCUT2D eigenvalue weighted by Gasteiger charge is 2.61. The molecule has 0 aromatic carbocycles. The van der Waals surface area contributed by atoms with Crippen LogP contribution in [0.5, 0.6) is 0 Å². The third-order valence-electron chi connectivity index (χ3n) is 4.46. The lowest BCUT2D eigenvalue weighted by atomic mass is 9.85. The summed E-state index contributed by atoms with van der Waals surface area (Å²) in [6.07, 6.45) is -1.74. The summed E-state index contributed by atoms with van der Waals surface area (Å²) in [7, 11) is 0. The summed E-state index contributed by atoms with van der Waals surface area (Å²) in [6.45, 7) is 2.32. The molecule has 1 amide bonds. The first-order valence-corrected chi connectivity index (χ1v) is 6.41. The first kappa shape index (κ1) is 13.6. The minimum atomic E-state index is -4.48. The second-order valence-corrected chi connectivity index (χ2v) is 5.54. The molecule has 104 valence electrons. The Kier molecular flexibility index (Phi) is 3.34. The van der Waals surface area contributed by atoms with Crippen LogP contribution in [0.1, 0.15) is 32.6 Å². The molecule has 1 unspecified atom stereocenters. The van der Waals surface area contributed by atoms with Crippen LogP contribution in [0.25, 0.3) is 0 Å². The zero-order valence-corrected chi connectivity index (χ0v) is 10.5. The summed E-state index contributed by atoms with van der Waals surface area (Å²) >= 11 is 0. The van der Waals surface area contributed by atoms with Crippen LogP contribution < -0.4 is 10.6 Å². The van der Waals surface area contributed by atoms with E-state index in [2.05, 4.69) is 10.6 Å². The Hall–Kier alpha value is -0.780. The zero-order valence-electron chi connectivity index (χ0n) is 10.5. The Labute approximate surface area is 104 Å². The van der Waals surface area contributed by atoms with Gasteiger partial charge in [-0.1, -0.05) is 6.92 Å². The van der Waals surface area contributed by atoms with Crippen LogP contribution in [0.2, 0.25) is 0 Å². The summed E-state index contributed by atoms with van der Waals surface area (Å²) in [4.78, 5) is 11.9. The monoisotopic (exact) mass is 264 g/mol. The largest absolute Gasteiger partial charge is 0.404 e. The molecule has 18 heavy (non-hydrogen) atoms. The second kappa shape index (κ2) is 4.40. The van der Waals surface area contributed by atoms with Crippen LogP contribution in [0, 0.1) is 10.8 Å². The molecule has 3 nitrogen and oxygen atoms in total. The number of halogens is 3. The van der Waals surface area contributed by atoms with Gasteiger partial charge in [0.15, 0.2) is 5.41 Å². The minimum Gasteiger partial charge on any atom is -0.355 e. The predicted molar refractivity (Wildman–Crippen MR) is 60.9 cm³/mol. The zero-order chi connectivity index (χ0) is 13.4. The molecule has 2 rings (SSSR count). The molecule has 1 aliphatic carbocycles. The van der Waals surface area contributed by atoms with Crippen molar-refractivity contribution < 1.29 is 18.0 Å². The standard InChI is InChI=1S/C12H19F3N2O/c1-2-10(3-4-10)7-17-9(18)11(12(13,14)15)5-6-16-8-11/h16H,2-8H2,1H3,(H,17,18). The lowest BCUT2D eigenvalue weighted by Gasteiger charge is -2.30. The number of amides is 1. The summed E-state index contributed by atoms with van der Waals surface area (Å²) in [5.41, 5.74) is -2.16. The Morgan fingerprint density at radius 2 is 2.00 bits per heavy atom. The van der Waals surface area contributed by atoms with Crippen molar-refractivity contribution in [3.63, 3.8) is 0 Å². The summed E-state index contributed by atoms with van der Waals surface area (Å²) in [6, 6.07) is 0. The van der Waals surface area contributed by atoms with Gasteiger partial charge in [0, 0.05) is 13.1 Å². The van der Waals surface area contributed by atoms with Gasteiger partial charge in [0.25, 0.3) is 0 Å². The molecule has 0 aromatic heterocycles. The van der Waals surface area contributed by atoms with E-state index in [-0.39, 0.29) is 24.9 Å². The SMILES string of the molecule is CCC1(CNC(=O)C2(C(F)(F)F)CCNC2)CC1. The molecule has 1 saturated heterocycles. The van der Waals surface area contributed by atoms with Gasteiger partial charge in [0.2, 0.25) is 5.91 Å². The molecule has 0 bridgehead atoms. The van der Waals surface area contributed by atoms with E-state index in [1.54, 1.807) is 0 Å². The van der Waals surface area contributed by atoms with Crippen LogP contribution in [0.3, 0.4) is 0 Å². The summed E-state index contributed by atoms with van der Waals surface area (Å²) in [5, 5.41) is 5.17. The maximum absolute atomic E-state index is 13.1. The Balaban J connectivity index is 2.01. The van der Waals surface area contributed by atoms with Gasteiger partial charge in [-0.2, -0.15) is 13.2 Å². The molecule has 2 fully saturated rings. The van der Waals surface area contributed by atoms with E-state index >= 15 is 0 Å². The normalized spacial score (nSPS) is 30.2. The smallest absolute Gasteiger partial charge is 0.355 e. The fraction of sp³-hybridized carbons (Fsp3) is 0.917. The van der Waals surface area contributed by atoms with Gasteiger partial charge in [-0.3, -0.25) is 4.79 Å². The molecule has 0 radical (unpaired) electrons. The lowest BCUT2D eigenvalue weighted by Crippen LogP contribution is -2.53. The fourth-order valence-electron chi connectivity index (χ4n) is 2.53. The van der Waals surface area contributed by atoms with E-state index in [1.807, 2.05) is 6.92 Å². The number of hydrogen-bond acceptors (Lipinski definition) is 2. The van der Waals surface area contributed by atoms with Crippen LogP contribution in [0.4, 0.5) is 13.2 Å². The van der Waals surface area contributed by atoms with Crippen molar-refractivity contribution >= 4 is 5.91 Å². The molecule has 1 atom stereocenters. The number of alkyl halides is 3. The number of nitrogens with one attached hydrogen (secondary N) is 2. The maximum Gasteiger partial charge on any atom is 0.404 e. The molecule has 2 N–H and O–H groups in total. The van der Waals surface area contributed by atoms with Crippen molar-refractivity contribution in [2.45, 2.75) is 38.8 Å². The number of hydrogen-bond donors (Lipinski definition) is 2. The van der Waals surface area contributed by atoms with Gasteiger partial charge in [-0.25, -0.2) is 0 Å². The average molecular weight is 264 g/mol. The molecular formula is C12H19F3N2O. The van der Waals surface area contributed by atoms with Gasteiger partial charge < -0.3 is 10.6 Å². The van der Waals surface area contributed by atoms with E-state index in [4.69, 9.17) is 0 Å². The van der Waals surface area contributed by atoms with Crippen LogP contribution in [0.15, 0.2) is 0 Å². The average Bonchev–Trinajstić information content (AvgIpc) is 2.90. The van der Waals surface area contributed by atoms with Gasteiger partial charge in [0.05, 0.1) is 0 Å². The third-order valence-corrected chi connectivity index (χ3v) is 4.46. The van der Waals surface area contributed by atoms with Crippen LogP contribution in [-0.2, 0) is 4.79 Å². The van der Waals surface area contributed by atoms with Crippen LogP contribution >= 0.6 is 0 Å². The summed E-state index contributed by atoms with van der Waals surface area (Å²) < 4.78 is 39.2. The van der Waals surface area contributed by atoms with Crippen molar-refractivity contribution in [2.75, 3.05) is 19.6 Å². The first-order valence-electron chi connectivity index (χ1n) is 6.41. The lowest BCUT2D eigenvalue weighted by molar-refractivity contribution is -0.216. The van der Waals surface area contributed by atoms with Gasteiger partial charge in [0.1, 0.15) is 0 Å². The van der Waals surface area contributed by atoms with Gasteiger partial charge in [-0.15, -0.1) is 0 Å². The number of carbonyl (C=O) groups is 1. The number of rotatable bonds is 4. The molecular weight excluding hydrogens is 245 g/mol. The van der Waals surface area contributed by atoms with Gasteiger partial charge >= 0.3 is 6.18 Å². The molecule has 0 spiro atoms. The van der Waals surface area contributed by atoms with Crippen molar-refractivity contribution in [1.82, 2.24) is 10.6 Å². The molecule has 1 heterocycles. The van der Waals surface area contributed by atoms with Crippen molar-refractivity contribution in [3.05, 3.63) is 0 Å². The number of carbonyl (C=O) groups excluding carboxylic acids is 1. The van der Waals surface area contributed by atoms with Crippen molar-refractivity contribution in [2.24, 2.45) is 10.8 Å². The molecule has 2 aliphatic rings. The summed E-state index contributed by atoms with van der Waals surface area (Å²) in [5.74, 6) is -0.861. The first-order chi connectivity index (χ1) is 8.35. The molecule has 1 saturated carbocycles. The maximum atomic E-state index is 13.1. The Bertz CT molecular complexity index is 331. The van der Waals surface area contributed by atoms with E-state index < -0.39 is 17.5 Å². The highest BCUT2D eigenvalue weighted by molar-refractivity contribution is 5.84. The van der Waals surface area contributed by atoms with Crippen LogP contribution in [-0.4, -0.2) is 31.7 Å². The third kappa shape index (κ3) is 2.22. The van der Waals surface area contributed by atoms with E-state index in [0.29, 0.717) is 6.54 Å².